The van der Waals surface area contributed by atoms with Crippen LogP contribution in [0.15, 0.2) is 18.2 Å². The molecule has 3 nitrogen and oxygen atoms in total. The Labute approximate surface area is 102 Å². The first-order chi connectivity index (χ1) is 8.08. The van der Waals surface area contributed by atoms with Gasteiger partial charge in [-0.15, -0.1) is 0 Å². The van der Waals surface area contributed by atoms with Crippen molar-refractivity contribution in [2.45, 2.75) is 32.4 Å². The molecule has 0 aliphatic rings. The molecule has 1 aromatic carbocycles. The summed E-state index contributed by atoms with van der Waals surface area (Å²) < 4.78 is 18.0. The zero-order valence-corrected chi connectivity index (χ0v) is 10.5. The van der Waals surface area contributed by atoms with E-state index in [1.807, 2.05) is 6.92 Å². The minimum absolute atomic E-state index is 0.0164. The molecule has 0 heterocycles. The average Bonchev–Trinajstić information content (AvgIpc) is 2.28. The zero-order valence-electron chi connectivity index (χ0n) is 10.5. The second-order valence-corrected chi connectivity index (χ2v) is 4.15. The van der Waals surface area contributed by atoms with Gasteiger partial charge in [0.15, 0.2) is 0 Å². The van der Waals surface area contributed by atoms with Crippen molar-refractivity contribution in [3.8, 4) is 5.75 Å². The zero-order chi connectivity index (χ0) is 12.8. The number of hydrogen-bond acceptors (Lipinski definition) is 3. The van der Waals surface area contributed by atoms with Crippen molar-refractivity contribution in [1.29, 1.82) is 0 Å². The molecule has 2 unspecified atom stereocenters. The van der Waals surface area contributed by atoms with Crippen LogP contribution >= 0.6 is 0 Å². The fourth-order valence-electron chi connectivity index (χ4n) is 1.81. The van der Waals surface area contributed by atoms with Crippen LogP contribution < -0.4 is 5.32 Å². The van der Waals surface area contributed by atoms with Crippen LogP contribution in [0.2, 0.25) is 0 Å². The van der Waals surface area contributed by atoms with Crippen molar-refractivity contribution >= 4 is 0 Å². The van der Waals surface area contributed by atoms with Gasteiger partial charge in [0.2, 0.25) is 0 Å². The molecule has 1 rings (SSSR count). The highest BCUT2D eigenvalue weighted by molar-refractivity contribution is 5.34. The fourth-order valence-corrected chi connectivity index (χ4v) is 1.81. The Morgan fingerprint density at radius 3 is 2.71 bits per heavy atom. The Morgan fingerprint density at radius 2 is 2.18 bits per heavy atom. The predicted octanol–water partition coefficient (Wildman–Crippen LogP) is 2.61. The second kappa shape index (κ2) is 6.57. The van der Waals surface area contributed by atoms with E-state index >= 15 is 0 Å². The number of phenols is 1. The summed E-state index contributed by atoms with van der Waals surface area (Å²) in [5.74, 6) is -0.445. The number of nitrogens with one attached hydrogen (secondary N) is 1. The van der Waals surface area contributed by atoms with Crippen molar-refractivity contribution < 1.29 is 14.2 Å². The maximum absolute atomic E-state index is 12.9. The molecule has 0 aliphatic heterocycles. The third kappa shape index (κ3) is 3.98. The van der Waals surface area contributed by atoms with Crippen molar-refractivity contribution in [2.24, 2.45) is 0 Å². The first-order valence-corrected chi connectivity index (χ1v) is 5.81. The first kappa shape index (κ1) is 13.9. The van der Waals surface area contributed by atoms with Gasteiger partial charge in [-0.3, -0.25) is 0 Å². The number of aromatic hydroxyl groups is 1. The van der Waals surface area contributed by atoms with Gasteiger partial charge in [-0.25, -0.2) is 4.39 Å². The molecule has 0 aliphatic carbocycles. The Hall–Kier alpha value is -1.13. The van der Waals surface area contributed by atoms with Crippen LogP contribution in [0, 0.1) is 5.82 Å². The van der Waals surface area contributed by atoms with E-state index in [-0.39, 0.29) is 17.8 Å². The summed E-state index contributed by atoms with van der Waals surface area (Å²) in [4.78, 5) is 0. The minimum atomic E-state index is -0.428. The number of benzene rings is 1. The molecule has 0 saturated carbocycles. The van der Waals surface area contributed by atoms with Crippen LogP contribution in [0.4, 0.5) is 4.39 Å². The van der Waals surface area contributed by atoms with E-state index in [0.29, 0.717) is 12.2 Å². The third-order valence-corrected chi connectivity index (χ3v) is 2.81. The van der Waals surface area contributed by atoms with Gasteiger partial charge in [-0.2, -0.15) is 0 Å². The summed E-state index contributed by atoms with van der Waals surface area (Å²) in [7, 11) is 1.66. The molecule has 17 heavy (non-hydrogen) atoms. The van der Waals surface area contributed by atoms with Gasteiger partial charge in [-0.1, -0.05) is 13.0 Å². The summed E-state index contributed by atoms with van der Waals surface area (Å²) in [6.45, 7) is 4.61. The number of halogens is 1. The Balaban J connectivity index is 2.71. The van der Waals surface area contributed by atoms with E-state index in [1.165, 1.54) is 6.07 Å². The van der Waals surface area contributed by atoms with E-state index < -0.39 is 5.82 Å². The van der Waals surface area contributed by atoms with Crippen molar-refractivity contribution in [3.05, 3.63) is 29.6 Å². The van der Waals surface area contributed by atoms with Gasteiger partial charge in [0.1, 0.15) is 11.6 Å². The molecule has 0 saturated heterocycles. The molecule has 4 heteroatoms. The number of methoxy groups -OCH3 is 1. The number of ether oxygens (including phenoxy) is 1. The molecule has 1 aromatic rings. The van der Waals surface area contributed by atoms with Crippen LogP contribution in [-0.2, 0) is 4.74 Å². The van der Waals surface area contributed by atoms with Crippen LogP contribution in [0.5, 0.6) is 5.75 Å². The molecule has 0 radical (unpaired) electrons. The van der Waals surface area contributed by atoms with E-state index in [1.54, 1.807) is 13.2 Å². The lowest BCUT2D eigenvalue weighted by Gasteiger charge is -2.22. The van der Waals surface area contributed by atoms with Gasteiger partial charge >= 0.3 is 0 Å². The highest BCUT2D eigenvalue weighted by Gasteiger charge is 2.14. The van der Waals surface area contributed by atoms with Gasteiger partial charge < -0.3 is 15.2 Å². The summed E-state index contributed by atoms with van der Waals surface area (Å²) in [6, 6.07) is 4.26. The van der Waals surface area contributed by atoms with Gasteiger partial charge in [0.05, 0.1) is 6.61 Å². The molecular weight excluding hydrogens is 221 g/mol. The quantitative estimate of drug-likeness (QED) is 0.804. The lowest BCUT2D eigenvalue weighted by molar-refractivity contribution is 0.159. The van der Waals surface area contributed by atoms with Gasteiger partial charge in [0.25, 0.3) is 0 Å². The highest BCUT2D eigenvalue weighted by Crippen LogP contribution is 2.25. The fraction of sp³-hybridized carbons (Fsp3) is 0.538. The van der Waals surface area contributed by atoms with E-state index in [0.717, 1.165) is 12.5 Å². The predicted molar refractivity (Wildman–Crippen MR) is 65.6 cm³/mol. The summed E-state index contributed by atoms with van der Waals surface area (Å²) in [5, 5.41) is 13.0. The number of phenolic OH excluding ortho intramolecular Hbond substituents is 1. The van der Waals surface area contributed by atoms with E-state index in [9.17, 15) is 9.50 Å². The molecule has 0 aromatic heterocycles. The summed E-state index contributed by atoms with van der Waals surface area (Å²) in [5.41, 5.74) is 0.695. The average molecular weight is 241 g/mol. The molecule has 2 atom stereocenters. The Bertz CT molecular complexity index is 357. The van der Waals surface area contributed by atoms with Crippen LogP contribution in [0.1, 0.15) is 31.9 Å². The molecule has 0 spiro atoms. The summed E-state index contributed by atoms with van der Waals surface area (Å²) >= 11 is 0. The standard InChI is InChI=1S/C13H20FNO2/c1-4-11(8-17-3)15-9(2)12-6-5-10(14)7-13(12)16/h5-7,9,11,15-16H,4,8H2,1-3H3. The van der Waals surface area contributed by atoms with E-state index in [2.05, 4.69) is 12.2 Å². The normalized spacial score (nSPS) is 14.6. The van der Waals surface area contributed by atoms with Gasteiger partial charge in [-0.05, 0) is 19.4 Å². The van der Waals surface area contributed by atoms with Crippen molar-refractivity contribution in [3.63, 3.8) is 0 Å². The maximum atomic E-state index is 12.9. The molecular formula is C13H20FNO2. The lowest BCUT2D eigenvalue weighted by Crippen LogP contribution is -2.34. The Kier molecular flexibility index (Phi) is 5.38. The van der Waals surface area contributed by atoms with Gasteiger partial charge in [0, 0.05) is 30.8 Å². The minimum Gasteiger partial charge on any atom is -0.508 e. The molecule has 0 fully saturated rings. The summed E-state index contributed by atoms with van der Waals surface area (Å²) in [6.07, 6.45) is 0.931. The maximum Gasteiger partial charge on any atom is 0.126 e. The SMILES string of the molecule is CCC(COC)NC(C)c1ccc(F)cc1O. The number of rotatable bonds is 6. The monoisotopic (exact) mass is 241 g/mol. The third-order valence-electron chi connectivity index (χ3n) is 2.81. The van der Waals surface area contributed by atoms with Crippen LogP contribution in [-0.4, -0.2) is 24.9 Å². The van der Waals surface area contributed by atoms with Crippen molar-refractivity contribution in [1.82, 2.24) is 5.32 Å². The second-order valence-electron chi connectivity index (χ2n) is 4.15. The molecule has 96 valence electrons. The highest BCUT2D eigenvalue weighted by atomic mass is 19.1. The number of hydrogen-bond donors (Lipinski definition) is 2. The van der Waals surface area contributed by atoms with Crippen molar-refractivity contribution in [2.75, 3.05) is 13.7 Å². The lowest BCUT2D eigenvalue weighted by atomic mass is 10.1. The molecule has 0 amide bonds. The first-order valence-electron chi connectivity index (χ1n) is 5.81. The molecule has 2 N–H and O–H groups in total. The van der Waals surface area contributed by atoms with Crippen LogP contribution in [0.3, 0.4) is 0 Å². The topological polar surface area (TPSA) is 41.5 Å². The van der Waals surface area contributed by atoms with E-state index in [4.69, 9.17) is 4.74 Å². The van der Waals surface area contributed by atoms with Crippen LogP contribution in [0.25, 0.3) is 0 Å². The smallest absolute Gasteiger partial charge is 0.126 e. The Morgan fingerprint density at radius 1 is 1.47 bits per heavy atom. The largest absolute Gasteiger partial charge is 0.508 e. The molecule has 0 bridgehead atoms.